The fourth-order valence-corrected chi connectivity index (χ4v) is 2.93. The van der Waals surface area contributed by atoms with Gasteiger partial charge in [-0.2, -0.15) is 0 Å². The molecule has 2 aromatic carbocycles. The number of rotatable bonds is 3. The highest BCUT2D eigenvalue weighted by Crippen LogP contribution is 2.31. The summed E-state index contributed by atoms with van der Waals surface area (Å²) in [7, 11) is 0. The molecule has 2 atom stereocenters. The molecule has 2 aromatic rings. The summed E-state index contributed by atoms with van der Waals surface area (Å²) in [6.07, 6.45) is 2.11. The third-order valence-corrected chi connectivity index (χ3v) is 4.25. The first-order valence-electron chi connectivity index (χ1n) is 6.91. The van der Waals surface area contributed by atoms with Gasteiger partial charge in [-0.05, 0) is 48.2 Å². The first kappa shape index (κ1) is 13.7. The third-order valence-electron chi connectivity index (χ3n) is 3.72. The highest BCUT2D eigenvalue weighted by Gasteiger charge is 2.20. The molecule has 1 aliphatic heterocycles. The topological polar surface area (TPSA) is 35.2 Å². The first-order chi connectivity index (χ1) is 9.61. The molecule has 1 heterocycles. The molecule has 0 fully saturated rings. The van der Waals surface area contributed by atoms with Crippen LogP contribution in [0.25, 0.3) is 0 Å². The van der Waals surface area contributed by atoms with Crippen LogP contribution in [0.15, 0.2) is 46.9 Å². The Bertz CT molecular complexity index is 609. The Hall–Kier alpha value is -1.32. The van der Waals surface area contributed by atoms with Crippen molar-refractivity contribution >= 4 is 15.9 Å². The van der Waals surface area contributed by atoms with Crippen molar-refractivity contribution in [3.8, 4) is 5.75 Å². The number of ether oxygens (including phenoxy) is 1. The molecule has 0 saturated heterocycles. The van der Waals surface area contributed by atoms with Crippen molar-refractivity contribution in [2.45, 2.75) is 31.9 Å². The van der Waals surface area contributed by atoms with Gasteiger partial charge in [0.05, 0.1) is 0 Å². The van der Waals surface area contributed by atoms with Crippen molar-refractivity contribution < 1.29 is 4.74 Å². The highest BCUT2D eigenvalue weighted by atomic mass is 79.9. The maximum Gasteiger partial charge on any atom is 0.123 e. The Labute approximate surface area is 128 Å². The molecule has 0 aliphatic carbocycles. The van der Waals surface area contributed by atoms with Crippen LogP contribution in [0, 0.1) is 0 Å². The molecule has 1 aliphatic rings. The molecule has 3 rings (SSSR count). The lowest BCUT2D eigenvalue weighted by molar-refractivity contribution is 0.254. The SMILES string of the molecule is CC1Cc2cc(C(N)Cc3ccc(Br)cc3)ccc2O1. The highest BCUT2D eigenvalue weighted by molar-refractivity contribution is 9.10. The Morgan fingerprint density at radius 3 is 2.75 bits per heavy atom. The maximum absolute atomic E-state index is 6.34. The number of benzene rings is 2. The molecule has 0 saturated carbocycles. The average molecular weight is 332 g/mol. The van der Waals surface area contributed by atoms with Crippen LogP contribution < -0.4 is 10.5 Å². The fraction of sp³-hybridized carbons (Fsp3) is 0.294. The molecule has 20 heavy (non-hydrogen) atoms. The van der Waals surface area contributed by atoms with E-state index in [0.717, 1.165) is 23.1 Å². The summed E-state index contributed by atoms with van der Waals surface area (Å²) >= 11 is 3.45. The molecule has 0 aromatic heterocycles. The summed E-state index contributed by atoms with van der Waals surface area (Å²) < 4.78 is 6.82. The number of hydrogen-bond donors (Lipinski definition) is 1. The smallest absolute Gasteiger partial charge is 0.123 e. The van der Waals surface area contributed by atoms with E-state index in [2.05, 4.69) is 65.3 Å². The summed E-state index contributed by atoms with van der Waals surface area (Å²) in [5.41, 5.74) is 10.1. The molecular formula is C17H18BrNO. The van der Waals surface area contributed by atoms with Crippen molar-refractivity contribution in [3.63, 3.8) is 0 Å². The largest absolute Gasteiger partial charge is 0.490 e. The van der Waals surface area contributed by atoms with Gasteiger partial charge in [-0.1, -0.05) is 40.2 Å². The van der Waals surface area contributed by atoms with Gasteiger partial charge < -0.3 is 10.5 Å². The zero-order chi connectivity index (χ0) is 14.1. The van der Waals surface area contributed by atoms with Crippen LogP contribution >= 0.6 is 15.9 Å². The summed E-state index contributed by atoms with van der Waals surface area (Å²) in [5.74, 6) is 1.01. The summed E-state index contributed by atoms with van der Waals surface area (Å²) in [6, 6.07) is 14.7. The van der Waals surface area contributed by atoms with Crippen LogP contribution in [-0.2, 0) is 12.8 Å². The molecule has 0 spiro atoms. The van der Waals surface area contributed by atoms with Crippen LogP contribution in [-0.4, -0.2) is 6.10 Å². The van der Waals surface area contributed by atoms with Crippen molar-refractivity contribution in [2.75, 3.05) is 0 Å². The van der Waals surface area contributed by atoms with Crippen molar-refractivity contribution in [1.29, 1.82) is 0 Å². The molecule has 0 bridgehead atoms. The van der Waals surface area contributed by atoms with Gasteiger partial charge in [-0.15, -0.1) is 0 Å². The Morgan fingerprint density at radius 1 is 1.25 bits per heavy atom. The van der Waals surface area contributed by atoms with Crippen molar-refractivity contribution in [1.82, 2.24) is 0 Å². The van der Waals surface area contributed by atoms with E-state index in [9.17, 15) is 0 Å². The van der Waals surface area contributed by atoms with Crippen molar-refractivity contribution in [3.05, 3.63) is 63.6 Å². The lowest BCUT2D eigenvalue weighted by Gasteiger charge is -2.13. The normalized spacial score (nSPS) is 18.4. The van der Waals surface area contributed by atoms with E-state index in [1.54, 1.807) is 0 Å². The minimum atomic E-state index is 0.0254. The average Bonchev–Trinajstić information content (AvgIpc) is 2.80. The molecule has 104 valence electrons. The van der Waals surface area contributed by atoms with Crippen LogP contribution in [0.5, 0.6) is 5.75 Å². The zero-order valence-electron chi connectivity index (χ0n) is 11.5. The predicted octanol–water partition coefficient (Wildman–Crippen LogP) is 4.02. The molecule has 2 N–H and O–H groups in total. The van der Waals surface area contributed by atoms with E-state index in [1.807, 2.05) is 0 Å². The second-order valence-electron chi connectivity index (χ2n) is 5.44. The zero-order valence-corrected chi connectivity index (χ0v) is 13.1. The van der Waals surface area contributed by atoms with Gasteiger partial charge in [0.2, 0.25) is 0 Å². The second-order valence-corrected chi connectivity index (χ2v) is 6.35. The van der Waals surface area contributed by atoms with Gasteiger partial charge in [0, 0.05) is 16.9 Å². The minimum absolute atomic E-state index is 0.0254. The fourth-order valence-electron chi connectivity index (χ4n) is 2.66. The van der Waals surface area contributed by atoms with Crippen LogP contribution in [0.2, 0.25) is 0 Å². The van der Waals surface area contributed by atoms with Crippen LogP contribution in [0.4, 0.5) is 0 Å². The number of hydrogen-bond acceptors (Lipinski definition) is 2. The molecule has 0 radical (unpaired) electrons. The third kappa shape index (κ3) is 2.89. The molecular weight excluding hydrogens is 314 g/mol. The van der Waals surface area contributed by atoms with E-state index < -0.39 is 0 Å². The summed E-state index contributed by atoms with van der Waals surface area (Å²) in [4.78, 5) is 0. The Kier molecular flexibility index (Phi) is 3.81. The second kappa shape index (κ2) is 5.58. The number of fused-ring (bicyclic) bond motifs is 1. The number of halogens is 1. The van der Waals surface area contributed by atoms with Crippen LogP contribution in [0.1, 0.15) is 29.7 Å². The lowest BCUT2D eigenvalue weighted by Crippen LogP contribution is -2.13. The monoisotopic (exact) mass is 331 g/mol. The van der Waals surface area contributed by atoms with Gasteiger partial charge in [0.15, 0.2) is 0 Å². The van der Waals surface area contributed by atoms with Crippen LogP contribution in [0.3, 0.4) is 0 Å². The quantitative estimate of drug-likeness (QED) is 0.922. The summed E-state index contributed by atoms with van der Waals surface area (Å²) in [6.45, 7) is 2.10. The predicted molar refractivity (Wildman–Crippen MR) is 85.0 cm³/mol. The van der Waals surface area contributed by atoms with Gasteiger partial charge in [0.25, 0.3) is 0 Å². The molecule has 0 amide bonds. The summed E-state index contributed by atoms with van der Waals surface area (Å²) in [5, 5.41) is 0. The van der Waals surface area contributed by atoms with Gasteiger partial charge in [-0.25, -0.2) is 0 Å². The first-order valence-corrected chi connectivity index (χ1v) is 7.70. The van der Waals surface area contributed by atoms with E-state index >= 15 is 0 Å². The maximum atomic E-state index is 6.34. The van der Waals surface area contributed by atoms with Gasteiger partial charge >= 0.3 is 0 Å². The minimum Gasteiger partial charge on any atom is -0.490 e. The van der Waals surface area contributed by atoms with Gasteiger partial charge in [0.1, 0.15) is 11.9 Å². The van der Waals surface area contributed by atoms with E-state index in [1.165, 1.54) is 16.7 Å². The lowest BCUT2D eigenvalue weighted by atomic mass is 9.97. The van der Waals surface area contributed by atoms with Crippen molar-refractivity contribution in [2.24, 2.45) is 5.73 Å². The molecule has 2 nitrogen and oxygen atoms in total. The van der Waals surface area contributed by atoms with Gasteiger partial charge in [-0.3, -0.25) is 0 Å². The van der Waals surface area contributed by atoms with E-state index in [4.69, 9.17) is 10.5 Å². The number of nitrogens with two attached hydrogens (primary N) is 1. The Balaban J connectivity index is 1.76. The molecule has 3 heteroatoms. The Morgan fingerprint density at radius 2 is 2.00 bits per heavy atom. The standard InChI is InChI=1S/C17H18BrNO/c1-11-8-14-10-13(4-7-17(14)20-11)16(19)9-12-2-5-15(18)6-3-12/h2-7,10-11,16H,8-9,19H2,1H3. The van der Waals surface area contributed by atoms with E-state index in [-0.39, 0.29) is 12.1 Å². The van der Waals surface area contributed by atoms with E-state index in [0.29, 0.717) is 0 Å². The molecule has 2 unspecified atom stereocenters.